The summed E-state index contributed by atoms with van der Waals surface area (Å²) >= 11 is 1.55. The summed E-state index contributed by atoms with van der Waals surface area (Å²) in [4.78, 5) is 35.8. The third-order valence-electron chi connectivity index (χ3n) is 5.05. The molecular formula is C18H32N2O5S. The van der Waals surface area contributed by atoms with E-state index in [0.29, 0.717) is 0 Å². The summed E-state index contributed by atoms with van der Waals surface area (Å²) in [7, 11) is 1.16. The van der Waals surface area contributed by atoms with Crippen molar-refractivity contribution in [1.82, 2.24) is 0 Å². The molecule has 0 bridgehead atoms. The maximum atomic E-state index is 12.7. The van der Waals surface area contributed by atoms with Gasteiger partial charge in [0.25, 0.3) is 0 Å². The second kappa shape index (κ2) is 10.3. The molecule has 0 aliphatic heterocycles. The Hall–Kier alpha value is -1.12. The highest BCUT2D eigenvalue weighted by molar-refractivity contribution is 8.00. The predicted octanol–water partition coefficient (Wildman–Crippen LogP) is 1.85. The predicted molar refractivity (Wildman–Crippen MR) is 102 cm³/mol. The molecule has 1 aliphatic rings. The van der Waals surface area contributed by atoms with Gasteiger partial charge in [-0.05, 0) is 19.3 Å². The fraction of sp³-hybridized carbons (Fsp3) is 0.833. The second-order valence-corrected chi connectivity index (χ2v) is 8.61. The Bertz CT molecular complexity index is 506. The Labute approximate surface area is 159 Å². The highest BCUT2D eigenvalue weighted by atomic mass is 32.2. The number of thioether (sulfide) groups is 1. The molecule has 0 saturated heterocycles. The fourth-order valence-electron chi connectivity index (χ4n) is 3.59. The van der Waals surface area contributed by atoms with Gasteiger partial charge in [0.1, 0.15) is 0 Å². The molecule has 0 aromatic carbocycles. The molecule has 7 nitrogen and oxygen atoms in total. The lowest BCUT2D eigenvalue weighted by molar-refractivity contribution is -0.151. The number of Topliss-reactive ketones (excluding diaryl/α,β-unsaturated/α-hetero) is 1. The summed E-state index contributed by atoms with van der Waals surface area (Å²) in [5, 5.41) is 8.88. The zero-order chi connectivity index (χ0) is 19.8. The van der Waals surface area contributed by atoms with Crippen LogP contribution in [0.25, 0.3) is 0 Å². The SMILES string of the molecule is CCCC1(SC[C@](N)(C(=O)OC)C(=O)[C@@H](N)CC(=O)O)CCCCCC1. The van der Waals surface area contributed by atoms with E-state index in [2.05, 4.69) is 6.92 Å². The number of carbonyl (C=O) groups excluding carboxylic acids is 2. The van der Waals surface area contributed by atoms with E-state index in [9.17, 15) is 14.4 Å². The fourth-order valence-corrected chi connectivity index (χ4v) is 5.31. The highest BCUT2D eigenvalue weighted by Crippen LogP contribution is 2.43. The number of methoxy groups -OCH3 is 1. The van der Waals surface area contributed by atoms with Crippen molar-refractivity contribution in [2.45, 2.75) is 81.0 Å². The molecule has 8 heteroatoms. The lowest BCUT2D eigenvalue weighted by Gasteiger charge is -2.36. The van der Waals surface area contributed by atoms with E-state index >= 15 is 0 Å². The first-order valence-corrected chi connectivity index (χ1v) is 10.2. The van der Waals surface area contributed by atoms with Crippen molar-refractivity contribution >= 4 is 29.5 Å². The number of nitrogens with two attached hydrogens (primary N) is 2. The van der Waals surface area contributed by atoms with Crippen LogP contribution in [0.3, 0.4) is 0 Å². The normalized spacial score (nSPS) is 20.5. The van der Waals surface area contributed by atoms with E-state index < -0.39 is 35.7 Å². The van der Waals surface area contributed by atoms with Gasteiger partial charge in [0.2, 0.25) is 0 Å². The standard InChI is InChI=1S/C18H32N2O5S/c1-3-8-17(9-6-4-5-7-10-17)26-12-18(20,16(24)25-2)15(23)13(19)11-14(21)22/h13H,3-12,19-20H2,1-2H3,(H,21,22)/t13-,18+/m0/s1. The zero-order valence-corrected chi connectivity index (χ0v) is 16.6. The average molecular weight is 389 g/mol. The lowest BCUT2D eigenvalue weighted by Crippen LogP contribution is -2.63. The highest BCUT2D eigenvalue weighted by Gasteiger charge is 2.47. The second-order valence-electron chi connectivity index (χ2n) is 7.17. The lowest BCUT2D eigenvalue weighted by atomic mass is 9.91. The molecule has 0 radical (unpaired) electrons. The van der Waals surface area contributed by atoms with E-state index in [-0.39, 0.29) is 10.5 Å². The Morgan fingerprint density at radius 3 is 2.27 bits per heavy atom. The van der Waals surface area contributed by atoms with Gasteiger partial charge >= 0.3 is 11.9 Å². The molecule has 0 heterocycles. The molecule has 0 amide bonds. The molecule has 5 N–H and O–H groups in total. The summed E-state index contributed by atoms with van der Waals surface area (Å²) in [6.45, 7) is 2.12. The van der Waals surface area contributed by atoms with Crippen LogP contribution < -0.4 is 11.5 Å². The average Bonchev–Trinajstić information content (AvgIpc) is 2.84. The first kappa shape index (κ1) is 22.9. The molecule has 26 heavy (non-hydrogen) atoms. The quantitative estimate of drug-likeness (QED) is 0.293. The van der Waals surface area contributed by atoms with E-state index in [4.69, 9.17) is 21.3 Å². The summed E-state index contributed by atoms with van der Waals surface area (Å²) in [5.74, 6) is -2.81. The topological polar surface area (TPSA) is 133 Å². The van der Waals surface area contributed by atoms with Gasteiger partial charge in [-0.3, -0.25) is 9.59 Å². The van der Waals surface area contributed by atoms with Crippen LogP contribution in [0.5, 0.6) is 0 Å². The number of esters is 1. The number of carboxylic acids is 1. The number of hydrogen-bond donors (Lipinski definition) is 3. The van der Waals surface area contributed by atoms with Crippen LogP contribution in [-0.4, -0.2) is 52.0 Å². The van der Waals surface area contributed by atoms with Gasteiger partial charge in [0.05, 0.1) is 19.6 Å². The maximum absolute atomic E-state index is 12.7. The molecule has 1 aliphatic carbocycles. The number of rotatable bonds is 10. The number of carbonyl (C=O) groups is 3. The molecule has 150 valence electrons. The van der Waals surface area contributed by atoms with Crippen LogP contribution in [-0.2, 0) is 19.1 Å². The van der Waals surface area contributed by atoms with Crippen LogP contribution in [0.15, 0.2) is 0 Å². The van der Waals surface area contributed by atoms with Crippen LogP contribution in [0, 0.1) is 0 Å². The largest absolute Gasteiger partial charge is 0.481 e. The molecule has 2 atom stereocenters. The van der Waals surface area contributed by atoms with Gasteiger partial charge in [0, 0.05) is 10.5 Å². The van der Waals surface area contributed by atoms with Crippen molar-refractivity contribution in [1.29, 1.82) is 0 Å². The number of ether oxygens (including phenoxy) is 1. The minimum atomic E-state index is -1.93. The molecule has 1 saturated carbocycles. The number of hydrogen-bond acceptors (Lipinski definition) is 7. The first-order chi connectivity index (χ1) is 12.2. The Morgan fingerprint density at radius 1 is 1.23 bits per heavy atom. The van der Waals surface area contributed by atoms with Gasteiger partial charge in [-0.2, -0.15) is 11.8 Å². The van der Waals surface area contributed by atoms with Gasteiger partial charge in [-0.25, -0.2) is 4.79 Å². The first-order valence-electron chi connectivity index (χ1n) is 9.23. The molecule has 0 aromatic rings. The number of carboxylic acid groups (broad SMARTS) is 1. The number of ketones is 1. The van der Waals surface area contributed by atoms with E-state index in [0.717, 1.165) is 45.6 Å². The van der Waals surface area contributed by atoms with E-state index in [1.54, 1.807) is 11.8 Å². The maximum Gasteiger partial charge on any atom is 0.334 e. The van der Waals surface area contributed by atoms with Crippen molar-refractivity contribution < 1.29 is 24.2 Å². The van der Waals surface area contributed by atoms with Gasteiger partial charge in [0.15, 0.2) is 11.3 Å². The Kier molecular flexibility index (Phi) is 9.06. The molecule has 1 rings (SSSR count). The minimum Gasteiger partial charge on any atom is -0.481 e. The van der Waals surface area contributed by atoms with Crippen LogP contribution in [0.4, 0.5) is 0 Å². The van der Waals surface area contributed by atoms with Crippen molar-refractivity contribution in [3.05, 3.63) is 0 Å². The third kappa shape index (κ3) is 5.96. The molecule has 0 aromatic heterocycles. The number of aliphatic carboxylic acids is 1. The van der Waals surface area contributed by atoms with E-state index in [1.807, 2.05) is 0 Å². The minimum absolute atomic E-state index is 0.0128. The van der Waals surface area contributed by atoms with Gasteiger partial charge < -0.3 is 21.3 Å². The summed E-state index contributed by atoms with van der Waals surface area (Å²) in [6.07, 6.45) is 8.11. The van der Waals surface area contributed by atoms with Crippen molar-refractivity contribution in [2.75, 3.05) is 12.9 Å². The van der Waals surface area contributed by atoms with Gasteiger partial charge in [-0.1, -0.05) is 39.0 Å². The summed E-state index contributed by atoms with van der Waals surface area (Å²) in [6, 6.07) is -1.34. The van der Waals surface area contributed by atoms with Crippen LogP contribution in [0.2, 0.25) is 0 Å². The van der Waals surface area contributed by atoms with Crippen LogP contribution in [0.1, 0.15) is 64.7 Å². The van der Waals surface area contributed by atoms with Crippen molar-refractivity contribution in [3.8, 4) is 0 Å². The molecule has 1 fully saturated rings. The monoisotopic (exact) mass is 388 g/mol. The molecule has 0 unspecified atom stereocenters. The molecular weight excluding hydrogens is 356 g/mol. The van der Waals surface area contributed by atoms with Gasteiger partial charge in [-0.15, -0.1) is 0 Å². The Morgan fingerprint density at radius 2 is 1.81 bits per heavy atom. The molecule has 0 spiro atoms. The van der Waals surface area contributed by atoms with E-state index in [1.165, 1.54) is 12.8 Å². The summed E-state index contributed by atoms with van der Waals surface area (Å²) < 4.78 is 4.74. The van der Waals surface area contributed by atoms with Crippen molar-refractivity contribution in [2.24, 2.45) is 11.5 Å². The van der Waals surface area contributed by atoms with Crippen molar-refractivity contribution in [3.63, 3.8) is 0 Å². The Balaban J connectivity index is 2.99. The smallest absolute Gasteiger partial charge is 0.334 e. The third-order valence-corrected chi connectivity index (χ3v) is 6.87. The van der Waals surface area contributed by atoms with Crippen LogP contribution >= 0.6 is 11.8 Å². The summed E-state index contributed by atoms with van der Waals surface area (Å²) in [5.41, 5.74) is 9.93. The zero-order valence-electron chi connectivity index (χ0n) is 15.8.